The number of methoxy groups -OCH3 is 1. The lowest BCUT2D eigenvalue weighted by molar-refractivity contribution is 0.0603. The first-order valence-corrected chi connectivity index (χ1v) is 5.24. The third-order valence-electron chi connectivity index (χ3n) is 1.96. The highest BCUT2D eigenvalue weighted by atomic mass is 35.5. The quantitative estimate of drug-likeness (QED) is 0.698. The van der Waals surface area contributed by atoms with Crippen LogP contribution in [-0.2, 0) is 4.74 Å². The first-order valence-electron chi connectivity index (χ1n) is 3.98. The molecule has 0 fully saturated rings. The van der Waals surface area contributed by atoms with Crippen molar-refractivity contribution in [2.24, 2.45) is 0 Å². The molecule has 0 saturated heterocycles. The second-order valence-corrected chi connectivity index (χ2v) is 4.08. The van der Waals surface area contributed by atoms with Crippen LogP contribution in [0.3, 0.4) is 0 Å². The number of hydrogen-bond acceptors (Lipinski definition) is 3. The minimum absolute atomic E-state index is 0.386. The molecule has 0 atom stereocenters. The molecule has 2 nitrogen and oxygen atoms in total. The number of thiophene rings is 1. The molecule has 1 aromatic heterocycles. The Balaban J connectivity index is 2.76. The Morgan fingerprint density at radius 3 is 2.93 bits per heavy atom. The summed E-state index contributed by atoms with van der Waals surface area (Å²) >= 11 is 7.43. The van der Waals surface area contributed by atoms with Crippen LogP contribution in [0.2, 0.25) is 5.02 Å². The largest absolute Gasteiger partial charge is 0.465 e. The van der Waals surface area contributed by atoms with Gasteiger partial charge < -0.3 is 4.74 Å². The van der Waals surface area contributed by atoms with Gasteiger partial charge in [-0.2, -0.15) is 0 Å². The Hall–Kier alpha value is -1.06. The van der Waals surface area contributed by atoms with E-state index < -0.39 is 0 Å². The molecule has 0 aliphatic rings. The normalized spacial score (nSPS) is 10.4. The lowest BCUT2D eigenvalue weighted by Gasteiger charge is -2.02. The number of rotatable bonds is 1. The van der Waals surface area contributed by atoms with E-state index in [1.807, 2.05) is 17.5 Å². The topological polar surface area (TPSA) is 26.3 Å². The smallest absolute Gasteiger partial charge is 0.340 e. The summed E-state index contributed by atoms with van der Waals surface area (Å²) in [4.78, 5) is 11.4. The molecule has 4 heteroatoms. The van der Waals surface area contributed by atoms with Crippen LogP contribution in [0.4, 0.5) is 0 Å². The molecule has 0 saturated carbocycles. The van der Waals surface area contributed by atoms with Gasteiger partial charge in [0.1, 0.15) is 0 Å². The van der Waals surface area contributed by atoms with Crippen molar-refractivity contribution in [3.05, 3.63) is 34.2 Å². The van der Waals surface area contributed by atoms with Crippen LogP contribution in [0, 0.1) is 0 Å². The van der Waals surface area contributed by atoms with Crippen LogP contribution in [-0.4, -0.2) is 13.1 Å². The Morgan fingerprint density at radius 2 is 2.21 bits per heavy atom. The second kappa shape index (κ2) is 3.59. The van der Waals surface area contributed by atoms with Gasteiger partial charge in [0.25, 0.3) is 0 Å². The van der Waals surface area contributed by atoms with Gasteiger partial charge in [0.2, 0.25) is 0 Å². The van der Waals surface area contributed by atoms with Crippen molar-refractivity contribution < 1.29 is 9.53 Å². The summed E-state index contributed by atoms with van der Waals surface area (Å²) in [6.07, 6.45) is 0. The molecule has 0 spiro atoms. The van der Waals surface area contributed by atoms with Gasteiger partial charge >= 0.3 is 5.97 Å². The summed E-state index contributed by atoms with van der Waals surface area (Å²) in [7, 11) is 1.35. The molecular formula is C10H7ClO2S. The van der Waals surface area contributed by atoms with Crippen LogP contribution >= 0.6 is 22.9 Å². The molecular weight excluding hydrogens is 220 g/mol. The van der Waals surface area contributed by atoms with E-state index in [1.54, 1.807) is 6.07 Å². The van der Waals surface area contributed by atoms with Gasteiger partial charge in [-0.05, 0) is 22.9 Å². The Kier molecular flexibility index (Phi) is 2.44. The summed E-state index contributed by atoms with van der Waals surface area (Å²) in [6.45, 7) is 0. The summed E-state index contributed by atoms with van der Waals surface area (Å²) in [6, 6.07) is 5.55. The van der Waals surface area contributed by atoms with Crippen molar-refractivity contribution in [1.29, 1.82) is 0 Å². The van der Waals surface area contributed by atoms with E-state index in [9.17, 15) is 4.79 Å². The van der Waals surface area contributed by atoms with Crippen molar-refractivity contribution in [3.8, 4) is 0 Å². The first kappa shape index (κ1) is 9.49. The van der Waals surface area contributed by atoms with E-state index in [4.69, 9.17) is 11.6 Å². The third-order valence-corrected chi connectivity index (χ3v) is 3.22. The molecule has 0 aliphatic heterocycles. The molecule has 0 bridgehead atoms. The molecule has 1 aromatic carbocycles. The summed E-state index contributed by atoms with van der Waals surface area (Å²) in [5.41, 5.74) is 0.460. The highest BCUT2D eigenvalue weighted by Crippen LogP contribution is 2.30. The van der Waals surface area contributed by atoms with Crippen LogP contribution in [0.25, 0.3) is 10.1 Å². The molecule has 0 aliphatic carbocycles. The number of halogens is 1. The summed E-state index contributed by atoms with van der Waals surface area (Å²) in [5, 5.41) is 3.37. The van der Waals surface area contributed by atoms with E-state index >= 15 is 0 Å². The van der Waals surface area contributed by atoms with E-state index in [1.165, 1.54) is 18.4 Å². The van der Waals surface area contributed by atoms with Crippen LogP contribution in [0.15, 0.2) is 23.6 Å². The number of fused-ring (bicyclic) bond motifs is 1. The number of carbonyl (C=O) groups excluding carboxylic acids is 1. The Labute approximate surface area is 90.1 Å². The number of esters is 1. The molecule has 14 heavy (non-hydrogen) atoms. The van der Waals surface area contributed by atoms with Gasteiger partial charge in [0.15, 0.2) is 0 Å². The first-order chi connectivity index (χ1) is 6.74. The maximum Gasteiger partial charge on any atom is 0.340 e. The van der Waals surface area contributed by atoms with Crippen LogP contribution < -0.4 is 0 Å². The second-order valence-electron chi connectivity index (χ2n) is 2.75. The van der Waals surface area contributed by atoms with E-state index in [0.717, 1.165) is 10.1 Å². The molecule has 1 heterocycles. The number of ether oxygens (including phenoxy) is 1. The predicted molar refractivity (Wildman–Crippen MR) is 58.2 cm³/mol. The average Bonchev–Trinajstić information content (AvgIpc) is 2.64. The number of carbonyl (C=O) groups is 1. The maximum atomic E-state index is 11.4. The van der Waals surface area contributed by atoms with E-state index in [-0.39, 0.29) is 5.97 Å². The highest BCUT2D eigenvalue weighted by Gasteiger charge is 2.15. The molecule has 2 rings (SSSR count). The van der Waals surface area contributed by atoms with Crippen molar-refractivity contribution in [3.63, 3.8) is 0 Å². The van der Waals surface area contributed by atoms with Crippen LogP contribution in [0.1, 0.15) is 10.4 Å². The van der Waals surface area contributed by atoms with Gasteiger partial charge in [0, 0.05) is 0 Å². The predicted octanol–water partition coefficient (Wildman–Crippen LogP) is 3.34. The van der Waals surface area contributed by atoms with Crippen molar-refractivity contribution >= 4 is 39.0 Å². The minimum atomic E-state index is -0.386. The Morgan fingerprint density at radius 1 is 1.43 bits per heavy atom. The Bertz CT molecular complexity index is 490. The summed E-state index contributed by atoms with van der Waals surface area (Å²) < 4.78 is 5.56. The maximum absolute atomic E-state index is 11.4. The molecule has 0 radical (unpaired) electrons. The van der Waals surface area contributed by atoms with E-state index in [2.05, 4.69) is 4.74 Å². The van der Waals surface area contributed by atoms with Gasteiger partial charge in [-0.15, -0.1) is 11.3 Å². The lowest BCUT2D eigenvalue weighted by Crippen LogP contribution is -2.01. The van der Waals surface area contributed by atoms with Gasteiger partial charge in [-0.25, -0.2) is 4.79 Å². The highest BCUT2D eigenvalue weighted by molar-refractivity contribution is 7.17. The van der Waals surface area contributed by atoms with Gasteiger partial charge in [0.05, 0.1) is 22.4 Å². The average molecular weight is 227 g/mol. The number of hydrogen-bond donors (Lipinski definition) is 0. The molecule has 72 valence electrons. The fraction of sp³-hybridized carbons (Fsp3) is 0.100. The zero-order valence-electron chi connectivity index (χ0n) is 7.41. The van der Waals surface area contributed by atoms with Gasteiger partial charge in [-0.1, -0.05) is 17.7 Å². The van der Waals surface area contributed by atoms with Crippen molar-refractivity contribution in [2.75, 3.05) is 7.11 Å². The third kappa shape index (κ3) is 1.38. The lowest BCUT2D eigenvalue weighted by atomic mass is 10.2. The van der Waals surface area contributed by atoms with Crippen LogP contribution in [0.5, 0.6) is 0 Å². The molecule has 0 unspecified atom stereocenters. The standard InChI is InChI=1S/C10H7ClO2S/c1-13-10(12)8-7(11)3-2-6-4-5-14-9(6)8/h2-5H,1H3. The van der Waals surface area contributed by atoms with Crippen molar-refractivity contribution in [1.82, 2.24) is 0 Å². The fourth-order valence-electron chi connectivity index (χ4n) is 1.30. The minimum Gasteiger partial charge on any atom is -0.465 e. The van der Waals surface area contributed by atoms with E-state index in [0.29, 0.717) is 10.6 Å². The monoisotopic (exact) mass is 226 g/mol. The molecule has 2 aromatic rings. The zero-order chi connectivity index (χ0) is 10.1. The SMILES string of the molecule is COC(=O)c1c(Cl)ccc2ccsc12. The summed E-state index contributed by atoms with van der Waals surface area (Å²) in [5.74, 6) is -0.386. The van der Waals surface area contributed by atoms with Gasteiger partial charge in [-0.3, -0.25) is 0 Å². The zero-order valence-corrected chi connectivity index (χ0v) is 8.98. The molecule has 0 N–H and O–H groups in total. The van der Waals surface area contributed by atoms with Crippen molar-refractivity contribution in [2.45, 2.75) is 0 Å². The fourth-order valence-corrected chi connectivity index (χ4v) is 2.53. The number of benzene rings is 1. The molecule has 0 amide bonds.